The first kappa shape index (κ1) is 19.8. The van der Waals surface area contributed by atoms with Crippen LogP contribution < -0.4 is 14.8 Å². The van der Waals surface area contributed by atoms with E-state index in [0.29, 0.717) is 16.6 Å². The molecule has 0 saturated carbocycles. The average molecular weight is 420 g/mol. The van der Waals surface area contributed by atoms with Gasteiger partial charge in [-0.1, -0.05) is 30.0 Å². The standard InChI is InChI=1S/C23H21N3O3S/c1-15(30-23-25-20-13-12-19(28-2)14-21(20)26-23)22(27)24-16-8-10-18(11-9-16)29-17-6-4-3-5-7-17/h3-15H,1-2H3,(H,24,27)(H,25,26). The Bertz CT molecular complexity index is 1140. The number of anilines is 1. The van der Waals surface area contributed by atoms with Crippen LogP contribution >= 0.6 is 11.8 Å². The first-order chi connectivity index (χ1) is 14.6. The Hall–Kier alpha value is -3.45. The molecule has 1 amide bonds. The number of nitrogens with one attached hydrogen (secondary N) is 2. The summed E-state index contributed by atoms with van der Waals surface area (Å²) in [4.78, 5) is 20.3. The molecule has 1 atom stereocenters. The smallest absolute Gasteiger partial charge is 0.237 e. The Labute approximate surface area is 178 Å². The molecule has 1 unspecified atom stereocenters. The molecule has 1 heterocycles. The van der Waals surface area contributed by atoms with Crippen LogP contribution in [0.25, 0.3) is 11.0 Å². The van der Waals surface area contributed by atoms with Crippen molar-refractivity contribution in [1.29, 1.82) is 0 Å². The van der Waals surface area contributed by atoms with E-state index in [4.69, 9.17) is 9.47 Å². The second-order valence-electron chi connectivity index (χ2n) is 6.61. The van der Waals surface area contributed by atoms with E-state index in [9.17, 15) is 4.79 Å². The van der Waals surface area contributed by atoms with E-state index >= 15 is 0 Å². The summed E-state index contributed by atoms with van der Waals surface area (Å²) in [6.07, 6.45) is 0. The number of para-hydroxylation sites is 1. The van der Waals surface area contributed by atoms with Crippen molar-refractivity contribution in [3.8, 4) is 17.2 Å². The average Bonchev–Trinajstić information content (AvgIpc) is 3.17. The maximum Gasteiger partial charge on any atom is 0.237 e. The minimum absolute atomic E-state index is 0.102. The van der Waals surface area contributed by atoms with E-state index in [1.807, 2.05) is 79.7 Å². The Morgan fingerprint density at radius 2 is 1.70 bits per heavy atom. The van der Waals surface area contributed by atoms with Crippen LogP contribution in [0.3, 0.4) is 0 Å². The van der Waals surface area contributed by atoms with E-state index in [0.717, 1.165) is 22.5 Å². The van der Waals surface area contributed by atoms with Crippen molar-refractivity contribution in [2.45, 2.75) is 17.3 Å². The molecule has 7 heteroatoms. The predicted octanol–water partition coefficient (Wildman–Crippen LogP) is 5.48. The zero-order valence-corrected chi connectivity index (χ0v) is 17.4. The normalized spacial score (nSPS) is 11.8. The fraction of sp³-hybridized carbons (Fsp3) is 0.130. The summed E-state index contributed by atoms with van der Waals surface area (Å²) in [6.45, 7) is 1.85. The zero-order chi connectivity index (χ0) is 20.9. The summed E-state index contributed by atoms with van der Waals surface area (Å²) >= 11 is 1.37. The number of carbonyl (C=O) groups is 1. The van der Waals surface area contributed by atoms with Gasteiger partial charge in [0.2, 0.25) is 5.91 Å². The lowest BCUT2D eigenvalue weighted by molar-refractivity contribution is -0.115. The molecule has 6 nitrogen and oxygen atoms in total. The maximum absolute atomic E-state index is 12.6. The number of imidazole rings is 1. The Kier molecular flexibility index (Phi) is 5.90. The van der Waals surface area contributed by atoms with Gasteiger partial charge in [-0.05, 0) is 55.5 Å². The fourth-order valence-electron chi connectivity index (χ4n) is 2.84. The molecule has 4 rings (SSSR count). The lowest BCUT2D eigenvalue weighted by Gasteiger charge is -2.11. The Morgan fingerprint density at radius 3 is 2.43 bits per heavy atom. The molecular formula is C23H21N3O3S. The second-order valence-corrected chi connectivity index (χ2v) is 7.94. The van der Waals surface area contributed by atoms with E-state index in [2.05, 4.69) is 15.3 Å². The third-order valence-corrected chi connectivity index (χ3v) is 5.41. The summed E-state index contributed by atoms with van der Waals surface area (Å²) in [7, 11) is 1.62. The molecule has 0 bridgehead atoms. The summed E-state index contributed by atoms with van der Waals surface area (Å²) < 4.78 is 11.0. The van der Waals surface area contributed by atoms with E-state index in [-0.39, 0.29) is 11.2 Å². The second kappa shape index (κ2) is 8.92. The van der Waals surface area contributed by atoms with Crippen LogP contribution in [0.2, 0.25) is 0 Å². The highest BCUT2D eigenvalue weighted by atomic mass is 32.2. The lowest BCUT2D eigenvalue weighted by Crippen LogP contribution is -2.22. The maximum atomic E-state index is 12.6. The minimum Gasteiger partial charge on any atom is -0.497 e. The summed E-state index contributed by atoms with van der Waals surface area (Å²) in [6, 6.07) is 22.5. The number of fused-ring (bicyclic) bond motifs is 1. The molecule has 2 N–H and O–H groups in total. The number of H-pyrrole nitrogens is 1. The molecule has 3 aromatic carbocycles. The highest BCUT2D eigenvalue weighted by Gasteiger charge is 2.17. The molecular weight excluding hydrogens is 398 g/mol. The van der Waals surface area contributed by atoms with E-state index in [1.165, 1.54) is 11.8 Å². The molecule has 0 aliphatic heterocycles. The van der Waals surface area contributed by atoms with Gasteiger partial charge in [-0.3, -0.25) is 4.79 Å². The molecule has 0 fully saturated rings. The number of ether oxygens (including phenoxy) is 2. The third-order valence-electron chi connectivity index (χ3n) is 4.43. The number of rotatable bonds is 7. The Morgan fingerprint density at radius 1 is 1.00 bits per heavy atom. The van der Waals surface area contributed by atoms with Crippen molar-refractivity contribution in [2.24, 2.45) is 0 Å². The van der Waals surface area contributed by atoms with Gasteiger partial charge in [-0.2, -0.15) is 0 Å². The van der Waals surface area contributed by atoms with Gasteiger partial charge in [0.15, 0.2) is 5.16 Å². The SMILES string of the molecule is COc1ccc2nc(SC(C)C(=O)Nc3ccc(Oc4ccccc4)cc3)[nH]c2c1. The number of nitrogens with zero attached hydrogens (tertiary/aromatic N) is 1. The highest BCUT2D eigenvalue weighted by Crippen LogP contribution is 2.27. The van der Waals surface area contributed by atoms with Crippen molar-refractivity contribution < 1.29 is 14.3 Å². The number of methoxy groups -OCH3 is 1. The number of hydrogen-bond donors (Lipinski definition) is 2. The van der Waals surface area contributed by atoms with Crippen molar-refractivity contribution in [3.63, 3.8) is 0 Å². The summed E-state index contributed by atoms with van der Waals surface area (Å²) in [5.74, 6) is 2.13. The van der Waals surface area contributed by atoms with Gasteiger partial charge in [-0.25, -0.2) is 4.98 Å². The number of amides is 1. The number of aromatic amines is 1. The lowest BCUT2D eigenvalue weighted by atomic mass is 10.3. The topological polar surface area (TPSA) is 76.2 Å². The van der Waals surface area contributed by atoms with Gasteiger partial charge in [0.25, 0.3) is 0 Å². The monoisotopic (exact) mass is 419 g/mol. The Balaban J connectivity index is 1.36. The first-order valence-electron chi connectivity index (χ1n) is 9.45. The van der Waals surface area contributed by atoms with Gasteiger partial charge in [0, 0.05) is 11.8 Å². The molecule has 152 valence electrons. The molecule has 0 aliphatic carbocycles. The molecule has 0 spiro atoms. The molecule has 1 aromatic heterocycles. The van der Waals surface area contributed by atoms with Crippen LogP contribution in [0.15, 0.2) is 78.0 Å². The van der Waals surface area contributed by atoms with Gasteiger partial charge in [-0.15, -0.1) is 0 Å². The molecule has 0 aliphatic rings. The van der Waals surface area contributed by atoms with Gasteiger partial charge < -0.3 is 19.8 Å². The van der Waals surface area contributed by atoms with Crippen LogP contribution in [0.4, 0.5) is 5.69 Å². The van der Waals surface area contributed by atoms with Gasteiger partial charge >= 0.3 is 0 Å². The first-order valence-corrected chi connectivity index (χ1v) is 10.3. The predicted molar refractivity (Wildman–Crippen MR) is 120 cm³/mol. The number of thioether (sulfide) groups is 1. The van der Waals surface area contributed by atoms with E-state index < -0.39 is 0 Å². The fourth-order valence-corrected chi connectivity index (χ4v) is 3.66. The largest absolute Gasteiger partial charge is 0.497 e. The number of aromatic nitrogens is 2. The third kappa shape index (κ3) is 4.75. The number of hydrogen-bond acceptors (Lipinski definition) is 5. The van der Waals surface area contributed by atoms with Crippen LogP contribution in [0, 0.1) is 0 Å². The van der Waals surface area contributed by atoms with Gasteiger partial charge in [0.05, 0.1) is 23.4 Å². The summed E-state index contributed by atoms with van der Waals surface area (Å²) in [5.41, 5.74) is 2.42. The molecule has 0 radical (unpaired) electrons. The minimum atomic E-state index is -0.326. The van der Waals surface area contributed by atoms with Crippen LogP contribution in [-0.4, -0.2) is 28.2 Å². The quantitative estimate of drug-likeness (QED) is 0.388. The van der Waals surface area contributed by atoms with Crippen LogP contribution in [0.1, 0.15) is 6.92 Å². The molecule has 0 saturated heterocycles. The van der Waals surface area contributed by atoms with Gasteiger partial charge in [0.1, 0.15) is 17.2 Å². The van der Waals surface area contributed by atoms with Crippen LogP contribution in [-0.2, 0) is 4.79 Å². The molecule has 30 heavy (non-hydrogen) atoms. The van der Waals surface area contributed by atoms with Crippen molar-refractivity contribution in [2.75, 3.05) is 12.4 Å². The van der Waals surface area contributed by atoms with Crippen molar-refractivity contribution in [3.05, 3.63) is 72.8 Å². The van der Waals surface area contributed by atoms with Crippen molar-refractivity contribution in [1.82, 2.24) is 9.97 Å². The summed E-state index contributed by atoms with van der Waals surface area (Å²) in [5, 5.41) is 3.29. The number of benzene rings is 3. The van der Waals surface area contributed by atoms with E-state index in [1.54, 1.807) is 7.11 Å². The highest BCUT2D eigenvalue weighted by molar-refractivity contribution is 8.00. The molecule has 4 aromatic rings. The van der Waals surface area contributed by atoms with Crippen molar-refractivity contribution >= 4 is 34.4 Å². The van der Waals surface area contributed by atoms with Crippen LogP contribution in [0.5, 0.6) is 17.2 Å². The number of carbonyl (C=O) groups excluding carboxylic acids is 1. The zero-order valence-electron chi connectivity index (χ0n) is 16.6.